The van der Waals surface area contributed by atoms with Gasteiger partial charge in [0.05, 0.1) is 6.42 Å². The molecule has 100 valence electrons. The minimum Gasteiger partial charge on any atom is -0.356 e. The number of carbonyl (C=O) groups excluding carboxylic acids is 1. The Balaban J connectivity index is 1.99. The highest BCUT2D eigenvalue weighted by Crippen LogP contribution is 2.18. The molecular formula is C16H18INO. The molecule has 0 spiro atoms. The number of amides is 1. The lowest BCUT2D eigenvalue weighted by atomic mass is 10.0. The number of unbranched alkanes of at least 4 members (excludes halogenated alkanes) is 1. The van der Waals surface area contributed by atoms with E-state index >= 15 is 0 Å². The van der Waals surface area contributed by atoms with Crippen LogP contribution in [0, 0.1) is 0 Å². The zero-order valence-corrected chi connectivity index (χ0v) is 13.0. The van der Waals surface area contributed by atoms with Gasteiger partial charge in [-0.15, -0.1) is 0 Å². The van der Waals surface area contributed by atoms with Gasteiger partial charge in [-0.3, -0.25) is 4.79 Å². The van der Waals surface area contributed by atoms with Gasteiger partial charge >= 0.3 is 0 Å². The number of halogens is 1. The maximum atomic E-state index is 11.9. The molecule has 0 aliphatic carbocycles. The number of hydrogen-bond donors (Lipinski definition) is 1. The summed E-state index contributed by atoms with van der Waals surface area (Å²) in [7, 11) is 0. The second kappa shape index (κ2) is 7.48. The van der Waals surface area contributed by atoms with Crippen molar-refractivity contribution in [3.05, 3.63) is 48.0 Å². The van der Waals surface area contributed by atoms with Crippen molar-refractivity contribution in [3.8, 4) is 0 Å². The second-order valence-corrected chi connectivity index (χ2v) is 5.64. The van der Waals surface area contributed by atoms with E-state index in [4.69, 9.17) is 0 Å². The summed E-state index contributed by atoms with van der Waals surface area (Å²) in [5.74, 6) is 0.116. The zero-order valence-electron chi connectivity index (χ0n) is 10.9. The van der Waals surface area contributed by atoms with Crippen molar-refractivity contribution in [2.24, 2.45) is 0 Å². The molecule has 0 saturated heterocycles. The van der Waals surface area contributed by atoms with E-state index in [0.29, 0.717) is 6.42 Å². The molecule has 2 rings (SSSR count). The predicted octanol–water partition coefficient (Wildman–Crippen LogP) is 3.71. The van der Waals surface area contributed by atoms with Gasteiger partial charge in [-0.05, 0) is 33.6 Å². The van der Waals surface area contributed by atoms with Gasteiger partial charge in [0.25, 0.3) is 0 Å². The second-order valence-electron chi connectivity index (χ2n) is 4.56. The van der Waals surface area contributed by atoms with Gasteiger partial charge in [-0.1, -0.05) is 65.1 Å². The molecule has 19 heavy (non-hydrogen) atoms. The summed E-state index contributed by atoms with van der Waals surface area (Å²) in [5, 5.41) is 5.35. The number of benzene rings is 2. The fourth-order valence-electron chi connectivity index (χ4n) is 2.13. The SMILES string of the molecule is O=C(Cc1cccc2ccccc12)NCCCCI. The van der Waals surface area contributed by atoms with Crippen LogP contribution in [-0.2, 0) is 11.2 Å². The molecule has 0 fully saturated rings. The van der Waals surface area contributed by atoms with Crippen molar-refractivity contribution in [2.45, 2.75) is 19.3 Å². The number of alkyl halides is 1. The van der Waals surface area contributed by atoms with Gasteiger partial charge in [-0.2, -0.15) is 0 Å². The molecule has 0 bridgehead atoms. The third-order valence-corrected chi connectivity index (χ3v) is 3.88. The van der Waals surface area contributed by atoms with Crippen molar-refractivity contribution in [1.29, 1.82) is 0 Å². The molecule has 0 saturated carbocycles. The molecule has 0 aliphatic rings. The lowest BCUT2D eigenvalue weighted by molar-refractivity contribution is -0.120. The Morgan fingerprint density at radius 2 is 1.84 bits per heavy atom. The minimum absolute atomic E-state index is 0.116. The number of hydrogen-bond acceptors (Lipinski definition) is 1. The standard InChI is InChI=1S/C16H18INO/c17-10-3-4-11-18-16(19)12-14-8-5-7-13-6-1-2-9-15(13)14/h1-2,5-9H,3-4,10-12H2,(H,18,19). The molecule has 0 unspecified atom stereocenters. The van der Waals surface area contributed by atoms with Crippen LogP contribution in [0.5, 0.6) is 0 Å². The summed E-state index contributed by atoms with van der Waals surface area (Å²) in [6, 6.07) is 14.3. The summed E-state index contributed by atoms with van der Waals surface area (Å²) in [4.78, 5) is 11.9. The van der Waals surface area contributed by atoms with Crippen LogP contribution in [0.1, 0.15) is 18.4 Å². The van der Waals surface area contributed by atoms with Crippen LogP contribution < -0.4 is 5.32 Å². The van der Waals surface area contributed by atoms with Crippen molar-refractivity contribution in [2.75, 3.05) is 11.0 Å². The first kappa shape index (κ1) is 14.3. The number of fused-ring (bicyclic) bond motifs is 1. The van der Waals surface area contributed by atoms with E-state index in [2.05, 4.69) is 46.1 Å². The van der Waals surface area contributed by atoms with E-state index in [1.807, 2.05) is 24.3 Å². The van der Waals surface area contributed by atoms with Gasteiger partial charge in [0.2, 0.25) is 5.91 Å². The highest BCUT2D eigenvalue weighted by Gasteiger charge is 2.05. The molecule has 1 amide bonds. The van der Waals surface area contributed by atoms with E-state index in [1.165, 1.54) is 10.8 Å². The summed E-state index contributed by atoms with van der Waals surface area (Å²) in [6.45, 7) is 0.784. The van der Waals surface area contributed by atoms with Gasteiger partial charge < -0.3 is 5.32 Å². The fraction of sp³-hybridized carbons (Fsp3) is 0.312. The first-order valence-corrected chi connectivity index (χ1v) is 8.13. The van der Waals surface area contributed by atoms with Gasteiger partial charge in [0, 0.05) is 6.54 Å². The van der Waals surface area contributed by atoms with Crippen molar-refractivity contribution in [3.63, 3.8) is 0 Å². The fourth-order valence-corrected chi connectivity index (χ4v) is 2.67. The predicted molar refractivity (Wildman–Crippen MR) is 88.8 cm³/mol. The van der Waals surface area contributed by atoms with Crippen LogP contribution in [-0.4, -0.2) is 16.9 Å². The van der Waals surface area contributed by atoms with Crippen LogP contribution in [0.3, 0.4) is 0 Å². The maximum Gasteiger partial charge on any atom is 0.224 e. The minimum atomic E-state index is 0.116. The Labute approximate surface area is 127 Å². The molecule has 0 aromatic heterocycles. The zero-order chi connectivity index (χ0) is 13.5. The monoisotopic (exact) mass is 367 g/mol. The smallest absolute Gasteiger partial charge is 0.224 e. The van der Waals surface area contributed by atoms with E-state index in [0.717, 1.165) is 29.4 Å². The van der Waals surface area contributed by atoms with Crippen molar-refractivity contribution < 1.29 is 4.79 Å². The molecule has 2 aromatic carbocycles. The summed E-state index contributed by atoms with van der Waals surface area (Å²) in [5.41, 5.74) is 1.10. The molecule has 1 N–H and O–H groups in total. The van der Waals surface area contributed by atoms with Crippen LogP contribution in [0.4, 0.5) is 0 Å². The molecule has 2 aromatic rings. The lowest BCUT2D eigenvalue weighted by Gasteiger charge is -2.07. The lowest BCUT2D eigenvalue weighted by Crippen LogP contribution is -2.26. The molecule has 0 aliphatic heterocycles. The molecular weight excluding hydrogens is 349 g/mol. The molecule has 0 heterocycles. The topological polar surface area (TPSA) is 29.1 Å². The van der Waals surface area contributed by atoms with Crippen molar-refractivity contribution in [1.82, 2.24) is 5.32 Å². The first-order valence-electron chi connectivity index (χ1n) is 6.60. The highest BCUT2D eigenvalue weighted by atomic mass is 127. The number of rotatable bonds is 6. The first-order chi connectivity index (χ1) is 9.31. The average molecular weight is 367 g/mol. The van der Waals surface area contributed by atoms with E-state index in [1.54, 1.807) is 0 Å². The average Bonchev–Trinajstić information content (AvgIpc) is 2.44. The molecule has 0 atom stereocenters. The largest absolute Gasteiger partial charge is 0.356 e. The summed E-state index contributed by atoms with van der Waals surface area (Å²) < 4.78 is 1.15. The van der Waals surface area contributed by atoms with E-state index in [-0.39, 0.29) is 5.91 Å². The number of nitrogens with one attached hydrogen (secondary N) is 1. The number of carbonyl (C=O) groups is 1. The van der Waals surface area contributed by atoms with Crippen molar-refractivity contribution >= 4 is 39.3 Å². The van der Waals surface area contributed by atoms with E-state index < -0.39 is 0 Å². The Morgan fingerprint density at radius 1 is 1.05 bits per heavy atom. The Bertz CT molecular complexity index is 548. The molecule has 2 nitrogen and oxygen atoms in total. The van der Waals surface area contributed by atoms with Crippen LogP contribution in [0.25, 0.3) is 10.8 Å². The van der Waals surface area contributed by atoms with Gasteiger partial charge in [0.1, 0.15) is 0 Å². The third-order valence-electron chi connectivity index (χ3n) is 3.11. The van der Waals surface area contributed by atoms with E-state index in [9.17, 15) is 4.79 Å². The summed E-state index contributed by atoms with van der Waals surface area (Å²) in [6.07, 6.45) is 2.69. The summed E-state index contributed by atoms with van der Waals surface area (Å²) >= 11 is 2.36. The van der Waals surface area contributed by atoms with Gasteiger partial charge in [-0.25, -0.2) is 0 Å². The van der Waals surface area contributed by atoms with Crippen LogP contribution >= 0.6 is 22.6 Å². The van der Waals surface area contributed by atoms with Crippen LogP contribution in [0.15, 0.2) is 42.5 Å². The quantitative estimate of drug-likeness (QED) is 0.471. The maximum absolute atomic E-state index is 11.9. The normalized spacial score (nSPS) is 10.6. The highest BCUT2D eigenvalue weighted by molar-refractivity contribution is 14.1. The van der Waals surface area contributed by atoms with Crippen LogP contribution in [0.2, 0.25) is 0 Å². The molecule has 3 heteroatoms. The third kappa shape index (κ3) is 4.20. The Morgan fingerprint density at radius 3 is 2.68 bits per heavy atom. The molecule has 0 radical (unpaired) electrons. The van der Waals surface area contributed by atoms with Gasteiger partial charge in [0.15, 0.2) is 0 Å². The Kier molecular flexibility index (Phi) is 5.63. The Hall–Kier alpha value is -1.10.